The maximum absolute atomic E-state index is 8.91. The Labute approximate surface area is 97.5 Å². The van der Waals surface area contributed by atoms with Gasteiger partial charge in [-0.1, -0.05) is 6.92 Å². The Bertz CT molecular complexity index is 431. The molecule has 2 nitrogen and oxygen atoms in total. The second-order valence-electron chi connectivity index (χ2n) is 4.81. The van der Waals surface area contributed by atoms with Gasteiger partial charge in [0.2, 0.25) is 0 Å². The lowest BCUT2D eigenvalue weighted by atomic mass is 10.0. The minimum absolute atomic E-state index is 0.604. The Morgan fingerprint density at radius 3 is 2.62 bits per heavy atom. The first-order valence-corrected chi connectivity index (χ1v) is 5.91. The van der Waals surface area contributed by atoms with Crippen molar-refractivity contribution in [2.24, 2.45) is 5.92 Å². The van der Waals surface area contributed by atoms with Gasteiger partial charge in [0.15, 0.2) is 0 Å². The summed E-state index contributed by atoms with van der Waals surface area (Å²) in [5.41, 5.74) is 3.11. The molecule has 1 aliphatic rings. The molecule has 2 heteroatoms. The van der Waals surface area contributed by atoms with Crippen LogP contribution in [-0.4, -0.2) is 12.6 Å². The molecule has 1 aromatic rings. The number of rotatable bonds is 1. The Balaban J connectivity index is 2.29. The Morgan fingerprint density at radius 1 is 1.38 bits per heavy atom. The SMILES string of the molecule is Cc1cc(N2CC[C@@H](C)[C@@H]2C)ccc1C#N. The number of hydrogen-bond donors (Lipinski definition) is 0. The average molecular weight is 214 g/mol. The quantitative estimate of drug-likeness (QED) is 0.718. The zero-order valence-electron chi connectivity index (χ0n) is 10.2. The van der Waals surface area contributed by atoms with Gasteiger partial charge in [-0.05, 0) is 49.9 Å². The molecule has 1 aliphatic heterocycles. The number of anilines is 1. The van der Waals surface area contributed by atoms with Crippen molar-refractivity contribution in [1.29, 1.82) is 5.26 Å². The van der Waals surface area contributed by atoms with Gasteiger partial charge < -0.3 is 4.90 Å². The fourth-order valence-corrected chi connectivity index (χ4v) is 2.41. The average Bonchev–Trinajstić information content (AvgIpc) is 2.60. The van der Waals surface area contributed by atoms with Crippen molar-refractivity contribution >= 4 is 5.69 Å². The highest BCUT2D eigenvalue weighted by Gasteiger charge is 2.27. The topological polar surface area (TPSA) is 27.0 Å². The summed E-state index contributed by atoms with van der Waals surface area (Å²) < 4.78 is 0. The molecule has 1 aromatic carbocycles. The van der Waals surface area contributed by atoms with Gasteiger partial charge in [-0.2, -0.15) is 5.26 Å². The molecular weight excluding hydrogens is 196 g/mol. The van der Waals surface area contributed by atoms with Gasteiger partial charge >= 0.3 is 0 Å². The van der Waals surface area contributed by atoms with E-state index in [1.165, 1.54) is 12.1 Å². The van der Waals surface area contributed by atoms with E-state index >= 15 is 0 Å². The van der Waals surface area contributed by atoms with Crippen LogP contribution in [0.25, 0.3) is 0 Å². The van der Waals surface area contributed by atoms with Gasteiger partial charge in [0.05, 0.1) is 11.6 Å². The molecule has 0 bridgehead atoms. The van der Waals surface area contributed by atoms with Crippen molar-refractivity contribution in [1.82, 2.24) is 0 Å². The van der Waals surface area contributed by atoms with Crippen molar-refractivity contribution in [3.8, 4) is 6.07 Å². The number of benzene rings is 1. The molecular formula is C14H18N2. The second kappa shape index (κ2) is 4.17. The summed E-state index contributed by atoms with van der Waals surface area (Å²) in [6.45, 7) is 7.73. The molecule has 1 heterocycles. The maximum Gasteiger partial charge on any atom is 0.0994 e. The highest BCUT2D eigenvalue weighted by Crippen LogP contribution is 2.30. The van der Waals surface area contributed by atoms with Crippen LogP contribution < -0.4 is 4.90 Å². The van der Waals surface area contributed by atoms with E-state index < -0.39 is 0 Å². The zero-order chi connectivity index (χ0) is 11.7. The summed E-state index contributed by atoms with van der Waals surface area (Å²) in [6, 6.07) is 8.95. The lowest BCUT2D eigenvalue weighted by Gasteiger charge is -2.26. The third-order valence-corrected chi connectivity index (χ3v) is 3.80. The first-order chi connectivity index (χ1) is 7.63. The lowest BCUT2D eigenvalue weighted by molar-refractivity contribution is 0.546. The summed E-state index contributed by atoms with van der Waals surface area (Å²) in [7, 11) is 0. The van der Waals surface area contributed by atoms with E-state index in [9.17, 15) is 0 Å². The molecule has 2 atom stereocenters. The normalized spacial score (nSPS) is 24.5. The Hall–Kier alpha value is -1.49. The van der Waals surface area contributed by atoms with Gasteiger partial charge in [0.25, 0.3) is 0 Å². The van der Waals surface area contributed by atoms with Gasteiger partial charge in [-0.15, -0.1) is 0 Å². The molecule has 1 saturated heterocycles. The van der Waals surface area contributed by atoms with Crippen LogP contribution in [-0.2, 0) is 0 Å². The largest absolute Gasteiger partial charge is 0.369 e. The number of aryl methyl sites for hydroxylation is 1. The van der Waals surface area contributed by atoms with Crippen LogP contribution in [0.1, 0.15) is 31.4 Å². The van der Waals surface area contributed by atoms with E-state index in [0.717, 1.165) is 23.6 Å². The van der Waals surface area contributed by atoms with E-state index in [-0.39, 0.29) is 0 Å². The third kappa shape index (κ3) is 1.78. The first-order valence-electron chi connectivity index (χ1n) is 5.91. The van der Waals surface area contributed by atoms with Gasteiger partial charge in [0, 0.05) is 18.3 Å². The van der Waals surface area contributed by atoms with Gasteiger partial charge in [-0.3, -0.25) is 0 Å². The summed E-state index contributed by atoms with van der Waals surface area (Å²) in [5.74, 6) is 0.760. The van der Waals surface area contributed by atoms with E-state index in [1.54, 1.807) is 0 Å². The zero-order valence-corrected chi connectivity index (χ0v) is 10.2. The standard InChI is InChI=1S/C14H18N2/c1-10-6-7-16(12(10)3)14-5-4-13(9-15)11(2)8-14/h4-5,8,10,12H,6-7H2,1-3H3/t10-,12+/m1/s1. The molecule has 0 radical (unpaired) electrons. The fraction of sp³-hybridized carbons (Fsp3) is 0.500. The van der Waals surface area contributed by atoms with Crippen LogP contribution in [0.15, 0.2) is 18.2 Å². The van der Waals surface area contributed by atoms with Crippen LogP contribution in [0.2, 0.25) is 0 Å². The van der Waals surface area contributed by atoms with Crippen LogP contribution in [0.5, 0.6) is 0 Å². The second-order valence-corrected chi connectivity index (χ2v) is 4.81. The monoisotopic (exact) mass is 214 g/mol. The minimum atomic E-state index is 0.604. The molecule has 0 N–H and O–H groups in total. The molecule has 0 spiro atoms. The minimum Gasteiger partial charge on any atom is -0.369 e. The summed E-state index contributed by atoms with van der Waals surface area (Å²) in [6.07, 6.45) is 1.26. The smallest absolute Gasteiger partial charge is 0.0994 e. The first kappa shape index (κ1) is 11.0. The number of nitriles is 1. The molecule has 1 fully saturated rings. The van der Waals surface area contributed by atoms with Crippen LogP contribution >= 0.6 is 0 Å². The highest BCUT2D eigenvalue weighted by molar-refractivity contribution is 5.54. The molecule has 0 saturated carbocycles. The fourth-order valence-electron chi connectivity index (χ4n) is 2.41. The summed E-state index contributed by atoms with van der Waals surface area (Å²) in [4.78, 5) is 2.44. The van der Waals surface area contributed by atoms with Crippen molar-refractivity contribution in [2.75, 3.05) is 11.4 Å². The van der Waals surface area contributed by atoms with E-state index in [1.807, 2.05) is 13.0 Å². The highest BCUT2D eigenvalue weighted by atomic mass is 15.2. The van der Waals surface area contributed by atoms with E-state index in [0.29, 0.717) is 6.04 Å². The van der Waals surface area contributed by atoms with Gasteiger partial charge in [0.1, 0.15) is 0 Å². The molecule has 0 aromatic heterocycles. The van der Waals surface area contributed by atoms with E-state index in [2.05, 4.69) is 36.9 Å². The predicted octanol–water partition coefficient (Wildman–Crippen LogP) is 3.10. The molecule has 2 rings (SSSR count). The third-order valence-electron chi connectivity index (χ3n) is 3.80. The van der Waals surface area contributed by atoms with Crippen LogP contribution in [0, 0.1) is 24.2 Å². The molecule has 0 aliphatic carbocycles. The van der Waals surface area contributed by atoms with Crippen molar-refractivity contribution < 1.29 is 0 Å². The predicted molar refractivity (Wildman–Crippen MR) is 66.5 cm³/mol. The van der Waals surface area contributed by atoms with Crippen LogP contribution in [0.3, 0.4) is 0 Å². The summed E-state index contributed by atoms with van der Waals surface area (Å²) in [5, 5.41) is 8.91. The molecule has 0 amide bonds. The van der Waals surface area contributed by atoms with Crippen molar-refractivity contribution in [3.63, 3.8) is 0 Å². The van der Waals surface area contributed by atoms with Crippen LogP contribution in [0.4, 0.5) is 5.69 Å². The maximum atomic E-state index is 8.91. The number of nitrogens with zero attached hydrogens (tertiary/aromatic N) is 2. The van der Waals surface area contributed by atoms with Crippen molar-refractivity contribution in [2.45, 2.75) is 33.2 Å². The molecule has 16 heavy (non-hydrogen) atoms. The summed E-state index contributed by atoms with van der Waals surface area (Å²) >= 11 is 0. The molecule has 84 valence electrons. The van der Waals surface area contributed by atoms with Crippen molar-refractivity contribution in [3.05, 3.63) is 29.3 Å². The Kier molecular flexibility index (Phi) is 2.87. The van der Waals surface area contributed by atoms with E-state index in [4.69, 9.17) is 5.26 Å². The van der Waals surface area contributed by atoms with Gasteiger partial charge in [-0.25, -0.2) is 0 Å². The Morgan fingerprint density at radius 2 is 2.12 bits per heavy atom. The lowest BCUT2D eigenvalue weighted by Crippen LogP contribution is -2.29. The molecule has 0 unspecified atom stereocenters. The number of hydrogen-bond acceptors (Lipinski definition) is 2.